The van der Waals surface area contributed by atoms with Crippen LogP contribution in [0, 0.1) is 5.82 Å². The molecule has 1 amide bonds. The Bertz CT molecular complexity index is 432. The van der Waals surface area contributed by atoms with Crippen LogP contribution in [0.4, 0.5) is 10.1 Å². The Hall–Kier alpha value is -1.03. The fourth-order valence-corrected chi connectivity index (χ4v) is 3.73. The molecule has 1 aliphatic carbocycles. The normalized spacial score (nSPS) is 18.0. The molecule has 4 heteroatoms. The molecule has 1 unspecified atom stereocenters. The Morgan fingerprint density at radius 2 is 2.11 bits per heavy atom. The van der Waals surface area contributed by atoms with Crippen LogP contribution in [0.5, 0.6) is 0 Å². The molecule has 1 aliphatic rings. The van der Waals surface area contributed by atoms with E-state index in [0.717, 1.165) is 0 Å². The maximum Gasteiger partial charge on any atom is 0.237 e. The van der Waals surface area contributed by atoms with Gasteiger partial charge < -0.3 is 5.32 Å². The monoisotopic (exact) mass is 281 g/mol. The first-order chi connectivity index (χ1) is 9.15. The first-order valence-corrected chi connectivity index (χ1v) is 7.81. The maximum absolute atomic E-state index is 13.0. The van der Waals surface area contributed by atoms with Gasteiger partial charge in [-0.1, -0.05) is 25.3 Å². The molecule has 104 valence electrons. The van der Waals surface area contributed by atoms with Gasteiger partial charge in [0.2, 0.25) is 5.91 Å². The minimum atomic E-state index is -0.328. The van der Waals surface area contributed by atoms with Gasteiger partial charge in [0.15, 0.2) is 0 Å². The molecule has 2 rings (SSSR count). The van der Waals surface area contributed by atoms with E-state index in [0.29, 0.717) is 10.9 Å². The number of anilines is 1. The average molecular weight is 281 g/mol. The van der Waals surface area contributed by atoms with Crippen LogP contribution in [-0.2, 0) is 4.79 Å². The highest BCUT2D eigenvalue weighted by molar-refractivity contribution is 8.01. The third-order valence-corrected chi connectivity index (χ3v) is 4.89. The number of carbonyl (C=O) groups excluding carboxylic acids is 1. The second-order valence-corrected chi connectivity index (χ2v) is 6.68. The van der Waals surface area contributed by atoms with Crippen LogP contribution in [0.2, 0.25) is 0 Å². The standard InChI is InChI=1S/C15H20FNOS/c1-11(19-14-8-3-2-4-9-14)15(18)17-13-7-5-6-12(16)10-13/h5-7,10-11,14H,2-4,8-9H2,1H3,(H,17,18). The Labute approximate surface area is 118 Å². The first-order valence-electron chi connectivity index (χ1n) is 6.87. The second kappa shape index (κ2) is 6.94. The van der Waals surface area contributed by atoms with Crippen LogP contribution in [0.15, 0.2) is 24.3 Å². The summed E-state index contributed by atoms with van der Waals surface area (Å²) < 4.78 is 13.0. The van der Waals surface area contributed by atoms with E-state index < -0.39 is 0 Å². The van der Waals surface area contributed by atoms with Gasteiger partial charge >= 0.3 is 0 Å². The molecular weight excluding hydrogens is 261 g/mol. The molecule has 1 saturated carbocycles. The number of halogens is 1. The van der Waals surface area contributed by atoms with Crippen LogP contribution in [0.25, 0.3) is 0 Å². The average Bonchev–Trinajstić information content (AvgIpc) is 2.40. The fourth-order valence-electron chi connectivity index (χ4n) is 2.36. The van der Waals surface area contributed by atoms with Crippen molar-refractivity contribution in [2.75, 3.05) is 5.32 Å². The van der Waals surface area contributed by atoms with Crippen LogP contribution >= 0.6 is 11.8 Å². The molecule has 1 aromatic carbocycles. The molecule has 1 N–H and O–H groups in total. The van der Waals surface area contributed by atoms with Crippen molar-refractivity contribution in [1.82, 2.24) is 0 Å². The number of hydrogen-bond acceptors (Lipinski definition) is 2. The summed E-state index contributed by atoms with van der Waals surface area (Å²) in [5, 5.41) is 3.28. The Balaban J connectivity index is 1.84. The lowest BCUT2D eigenvalue weighted by atomic mass is 10.0. The van der Waals surface area contributed by atoms with Crippen LogP contribution in [0.1, 0.15) is 39.0 Å². The number of rotatable bonds is 4. The van der Waals surface area contributed by atoms with Gasteiger partial charge in [-0.25, -0.2) is 4.39 Å². The summed E-state index contributed by atoms with van der Waals surface area (Å²) in [5.41, 5.74) is 0.529. The zero-order chi connectivity index (χ0) is 13.7. The number of carbonyl (C=O) groups is 1. The summed E-state index contributed by atoms with van der Waals surface area (Å²) in [6.45, 7) is 1.92. The van der Waals surface area contributed by atoms with Gasteiger partial charge in [0.25, 0.3) is 0 Å². The highest BCUT2D eigenvalue weighted by Gasteiger charge is 2.21. The topological polar surface area (TPSA) is 29.1 Å². The van der Waals surface area contributed by atoms with Crippen LogP contribution in [0.3, 0.4) is 0 Å². The summed E-state index contributed by atoms with van der Waals surface area (Å²) in [4.78, 5) is 12.0. The first kappa shape index (κ1) is 14.4. The van der Waals surface area contributed by atoms with Gasteiger partial charge in [-0.15, -0.1) is 11.8 Å². The molecule has 1 aromatic rings. The molecule has 0 bridgehead atoms. The Kier molecular flexibility index (Phi) is 5.25. The predicted octanol–water partition coefficient (Wildman–Crippen LogP) is 4.22. The van der Waals surface area contributed by atoms with Crippen molar-refractivity contribution in [2.45, 2.75) is 49.5 Å². The van der Waals surface area contributed by atoms with E-state index in [2.05, 4.69) is 5.32 Å². The van der Waals surface area contributed by atoms with Gasteiger partial charge in [0.1, 0.15) is 5.82 Å². The lowest BCUT2D eigenvalue weighted by molar-refractivity contribution is -0.115. The summed E-state index contributed by atoms with van der Waals surface area (Å²) in [6.07, 6.45) is 6.29. The zero-order valence-corrected chi connectivity index (χ0v) is 12.0. The van der Waals surface area contributed by atoms with E-state index >= 15 is 0 Å². The van der Waals surface area contributed by atoms with E-state index in [1.54, 1.807) is 23.9 Å². The van der Waals surface area contributed by atoms with E-state index in [9.17, 15) is 9.18 Å². The van der Waals surface area contributed by atoms with Crippen molar-refractivity contribution in [1.29, 1.82) is 0 Å². The number of amides is 1. The predicted molar refractivity (Wildman–Crippen MR) is 79.0 cm³/mol. The van der Waals surface area contributed by atoms with Crippen molar-refractivity contribution in [3.63, 3.8) is 0 Å². The van der Waals surface area contributed by atoms with Crippen LogP contribution in [-0.4, -0.2) is 16.4 Å². The molecule has 2 nitrogen and oxygen atoms in total. The van der Waals surface area contributed by atoms with Crippen molar-refractivity contribution < 1.29 is 9.18 Å². The summed E-state index contributed by atoms with van der Waals surface area (Å²) in [7, 11) is 0. The molecule has 0 radical (unpaired) electrons. The minimum Gasteiger partial charge on any atom is -0.325 e. The number of nitrogens with one attached hydrogen (secondary N) is 1. The number of thioether (sulfide) groups is 1. The Morgan fingerprint density at radius 3 is 2.79 bits per heavy atom. The maximum atomic E-state index is 13.0. The quantitative estimate of drug-likeness (QED) is 0.895. The van der Waals surface area contributed by atoms with E-state index in [1.165, 1.54) is 44.2 Å². The fraction of sp³-hybridized carbons (Fsp3) is 0.533. The highest BCUT2D eigenvalue weighted by Crippen LogP contribution is 2.31. The highest BCUT2D eigenvalue weighted by atomic mass is 32.2. The van der Waals surface area contributed by atoms with Crippen molar-refractivity contribution in [3.05, 3.63) is 30.1 Å². The smallest absolute Gasteiger partial charge is 0.237 e. The van der Waals surface area contributed by atoms with E-state index in [1.807, 2.05) is 6.92 Å². The molecule has 0 saturated heterocycles. The van der Waals surface area contributed by atoms with Gasteiger partial charge in [0.05, 0.1) is 5.25 Å². The van der Waals surface area contributed by atoms with Crippen molar-refractivity contribution in [2.24, 2.45) is 0 Å². The van der Waals surface area contributed by atoms with Crippen molar-refractivity contribution in [3.8, 4) is 0 Å². The van der Waals surface area contributed by atoms with Gasteiger partial charge in [-0.05, 0) is 38.0 Å². The Morgan fingerprint density at radius 1 is 1.37 bits per heavy atom. The van der Waals surface area contributed by atoms with E-state index in [4.69, 9.17) is 0 Å². The SMILES string of the molecule is CC(SC1CCCCC1)C(=O)Nc1cccc(F)c1. The van der Waals surface area contributed by atoms with Crippen molar-refractivity contribution >= 4 is 23.4 Å². The third-order valence-electron chi connectivity index (χ3n) is 3.41. The molecule has 0 aliphatic heterocycles. The molecule has 1 atom stereocenters. The minimum absolute atomic E-state index is 0.0406. The zero-order valence-electron chi connectivity index (χ0n) is 11.2. The van der Waals surface area contributed by atoms with Gasteiger partial charge in [-0.3, -0.25) is 4.79 Å². The lowest BCUT2D eigenvalue weighted by Gasteiger charge is -2.23. The molecule has 1 fully saturated rings. The summed E-state index contributed by atoms with van der Waals surface area (Å²) >= 11 is 1.75. The summed E-state index contributed by atoms with van der Waals surface area (Å²) in [6, 6.07) is 6.02. The molecule has 0 spiro atoms. The lowest BCUT2D eigenvalue weighted by Crippen LogP contribution is -2.25. The molecule has 0 heterocycles. The van der Waals surface area contributed by atoms with Gasteiger partial charge in [0, 0.05) is 10.9 Å². The third kappa shape index (κ3) is 4.53. The molecular formula is C15H20FNOS. The molecule has 19 heavy (non-hydrogen) atoms. The summed E-state index contributed by atoms with van der Waals surface area (Å²) in [5.74, 6) is -0.369. The van der Waals surface area contributed by atoms with E-state index in [-0.39, 0.29) is 17.0 Å². The second-order valence-electron chi connectivity index (χ2n) is 5.04. The largest absolute Gasteiger partial charge is 0.325 e. The van der Waals surface area contributed by atoms with Crippen LogP contribution < -0.4 is 5.32 Å². The molecule has 0 aromatic heterocycles. The number of benzene rings is 1. The number of hydrogen-bond donors (Lipinski definition) is 1. The van der Waals surface area contributed by atoms with Gasteiger partial charge in [-0.2, -0.15) is 0 Å².